The van der Waals surface area contributed by atoms with Crippen molar-refractivity contribution in [2.75, 3.05) is 13.1 Å². The fourth-order valence-corrected chi connectivity index (χ4v) is 14.5. The lowest BCUT2D eigenvalue weighted by Gasteiger charge is -2.42. The van der Waals surface area contributed by atoms with Crippen molar-refractivity contribution in [3.63, 3.8) is 0 Å². The van der Waals surface area contributed by atoms with E-state index < -0.39 is 56.1 Å². The van der Waals surface area contributed by atoms with Crippen LogP contribution in [-0.4, -0.2) is 84.4 Å². The Kier molecular flexibility index (Phi) is 14.3. The van der Waals surface area contributed by atoms with Crippen LogP contribution in [0.5, 0.6) is 5.75 Å². The fraction of sp³-hybridized carbons (Fsp3) is 0.591. The Morgan fingerprint density at radius 3 is 2.27 bits per heavy atom. The average Bonchev–Trinajstić information content (AvgIpc) is 3.61. The number of hydrogen-bond donors (Lipinski definition) is 4. The van der Waals surface area contributed by atoms with Gasteiger partial charge in [0.25, 0.3) is 14.2 Å². The molecule has 2 unspecified atom stereocenters. The molecule has 13 nitrogen and oxygen atoms in total. The number of benzene rings is 2. The third-order valence-electron chi connectivity index (χ3n) is 12.6. The number of aromatic nitrogens is 1. The Morgan fingerprint density at radius 1 is 1.05 bits per heavy atom. The molecular formula is C44H64BBrN6O7Si. The molecule has 1 aromatic heterocycles. The van der Waals surface area contributed by atoms with E-state index in [4.69, 9.17) is 13.7 Å². The highest BCUT2D eigenvalue weighted by Crippen LogP contribution is 2.43. The third-order valence-corrected chi connectivity index (χ3v) is 19.1. The number of nitrogens with zero attached hydrogens (tertiary/aromatic N) is 3. The van der Waals surface area contributed by atoms with Crippen molar-refractivity contribution < 1.29 is 33.2 Å². The van der Waals surface area contributed by atoms with E-state index in [1.807, 2.05) is 88.7 Å². The number of carboxylic acid groups (broad SMARTS) is 1. The molecule has 0 aliphatic carbocycles. The van der Waals surface area contributed by atoms with Crippen LogP contribution in [0.15, 0.2) is 47.1 Å². The first-order valence-electron chi connectivity index (χ1n) is 21.1. The maximum absolute atomic E-state index is 14.3. The number of hydrogen-bond acceptors (Lipinski definition) is 8. The molecule has 326 valence electrons. The number of amides is 3. The summed E-state index contributed by atoms with van der Waals surface area (Å²) in [5.74, 6) is -0.111. The van der Waals surface area contributed by atoms with E-state index in [1.54, 1.807) is 0 Å². The van der Waals surface area contributed by atoms with Crippen LogP contribution in [0.4, 0.5) is 4.79 Å². The topological polar surface area (TPSA) is 167 Å². The molecule has 3 aromatic rings. The summed E-state index contributed by atoms with van der Waals surface area (Å²) in [7, 11) is -3.13. The van der Waals surface area contributed by atoms with E-state index >= 15 is 0 Å². The summed E-state index contributed by atoms with van der Waals surface area (Å²) in [6.07, 6.45) is 1.57. The van der Waals surface area contributed by atoms with Crippen molar-refractivity contribution in [2.24, 2.45) is 5.41 Å². The second kappa shape index (κ2) is 18.2. The van der Waals surface area contributed by atoms with Crippen LogP contribution in [0.1, 0.15) is 107 Å². The molecule has 5 rings (SSSR count). The second-order valence-corrected chi connectivity index (χ2v) is 25.6. The molecule has 2 saturated heterocycles. The van der Waals surface area contributed by atoms with E-state index in [-0.39, 0.29) is 12.3 Å². The van der Waals surface area contributed by atoms with Crippen molar-refractivity contribution in [3.8, 4) is 11.8 Å². The van der Waals surface area contributed by atoms with Crippen LogP contribution in [0.25, 0.3) is 10.9 Å². The van der Waals surface area contributed by atoms with Gasteiger partial charge in [-0.05, 0) is 97.9 Å². The van der Waals surface area contributed by atoms with Gasteiger partial charge in [-0.2, -0.15) is 5.26 Å². The van der Waals surface area contributed by atoms with Gasteiger partial charge in [0.2, 0.25) is 5.91 Å². The van der Waals surface area contributed by atoms with Gasteiger partial charge < -0.3 is 34.0 Å². The highest BCUT2D eigenvalue weighted by atomic mass is 79.9. The molecule has 16 heteroatoms. The van der Waals surface area contributed by atoms with E-state index in [1.165, 1.54) is 5.01 Å². The predicted octanol–water partition coefficient (Wildman–Crippen LogP) is 7.65. The maximum Gasteiger partial charge on any atom is 0.494 e. The Bertz CT molecular complexity index is 2080. The normalized spacial score (nSPS) is 18.6. The minimum Gasteiger partial charge on any atom is -0.543 e. The van der Waals surface area contributed by atoms with Gasteiger partial charge in [0, 0.05) is 42.1 Å². The average molecular weight is 908 g/mol. The number of rotatable bonds is 15. The Balaban J connectivity index is 1.35. The minimum atomic E-state index is -2.43. The van der Waals surface area contributed by atoms with Gasteiger partial charge in [0.15, 0.2) is 0 Å². The summed E-state index contributed by atoms with van der Waals surface area (Å²) in [6, 6.07) is 12.0. The first kappa shape index (κ1) is 47.2. The first-order valence-corrected chi connectivity index (χ1v) is 24.0. The Hall–Kier alpha value is -3.88. The van der Waals surface area contributed by atoms with Gasteiger partial charge in [0.05, 0.1) is 22.3 Å². The zero-order valence-electron chi connectivity index (χ0n) is 37.4. The number of halogens is 1. The molecule has 3 heterocycles. The molecule has 2 atom stereocenters. The summed E-state index contributed by atoms with van der Waals surface area (Å²) in [6.45, 7) is 26.5. The summed E-state index contributed by atoms with van der Waals surface area (Å²) in [4.78, 5) is 40.2. The van der Waals surface area contributed by atoms with Gasteiger partial charge in [0.1, 0.15) is 23.9 Å². The standard InChI is InChI=1S/C44H64BBrN6O7Si/c1-27(2)60(28(3)4,29(5)6)57-34-19-30(18-32(21-34)45-58-43(9,10)44(11,12)59-45)20-37(49-41(55)56)40(54)52-17-13-14-36(50-52)39(53)48-25-42(7,8)26-51-24-31(23-47)35-16-15-33(46)22-38(35)51/h15-16,18-19,21-22,24,27-29,36-37,49-50H,13-14,17,20,25-26H2,1-12H3,(H,48,53)(H,55,56). The number of carbonyl (C=O) groups excluding carboxylic acids is 2. The molecule has 2 aliphatic heterocycles. The van der Waals surface area contributed by atoms with Crippen molar-refractivity contribution in [2.45, 2.75) is 149 Å². The minimum absolute atomic E-state index is 0.0236. The van der Waals surface area contributed by atoms with Gasteiger partial charge >= 0.3 is 13.2 Å². The lowest BCUT2D eigenvalue weighted by Crippen LogP contribution is -2.61. The second-order valence-electron chi connectivity index (χ2n) is 19.3. The highest BCUT2D eigenvalue weighted by molar-refractivity contribution is 9.10. The maximum atomic E-state index is 14.3. The van der Waals surface area contributed by atoms with E-state index in [2.05, 4.69) is 79.6 Å². The number of hydrazine groups is 1. The molecule has 0 bridgehead atoms. The van der Waals surface area contributed by atoms with Crippen LogP contribution >= 0.6 is 15.9 Å². The molecule has 60 heavy (non-hydrogen) atoms. The number of fused-ring (bicyclic) bond motifs is 1. The highest BCUT2D eigenvalue weighted by Gasteiger charge is 2.52. The van der Waals surface area contributed by atoms with Crippen LogP contribution in [-0.2, 0) is 31.9 Å². The molecule has 2 aliphatic rings. The molecule has 4 N–H and O–H groups in total. The van der Waals surface area contributed by atoms with Gasteiger partial charge in [-0.25, -0.2) is 10.2 Å². The molecule has 2 fully saturated rings. The quantitative estimate of drug-likeness (QED) is 0.112. The van der Waals surface area contributed by atoms with Gasteiger partial charge in [-0.3, -0.25) is 14.6 Å². The molecular weight excluding hydrogens is 843 g/mol. The summed E-state index contributed by atoms with van der Waals surface area (Å²) in [5, 5.41) is 27.5. The Labute approximate surface area is 365 Å². The van der Waals surface area contributed by atoms with Crippen LogP contribution < -0.4 is 25.9 Å². The lowest BCUT2D eigenvalue weighted by atomic mass is 9.78. The van der Waals surface area contributed by atoms with Crippen LogP contribution in [0, 0.1) is 16.7 Å². The molecule has 0 saturated carbocycles. The first-order chi connectivity index (χ1) is 27.9. The van der Waals surface area contributed by atoms with Gasteiger partial charge in [-0.15, -0.1) is 0 Å². The SMILES string of the molecule is CC(C)[Si](Oc1cc(CC(NC(=O)O)C(=O)N2CCCC(C(=O)NCC(C)(C)Cn3cc(C#N)c4ccc(Br)cc43)N2)cc(B2OC(C)(C)C(C)(C)O2)c1)(C(C)C)C(C)C. The largest absolute Gasteiger partial charge is 0.543 e. The number of nitrogens with one attached hydrogen (secondary N) is 3. The smallest absolute Gasteiger partial charge is 0.494 e. The molecule has 3 amide bonds. The summed E-state index contributed by atoms with van der Waals surface area (Å²) < 4.78 is 23.0. The van der Waals surface area contributed by atoms with Crippen molar-refractivity contribution in [3.05, 3.63) is 58.2 Å². The van der Waals surface area contributed by atoms with Crippen molar-refractivity contribution >= 4 is 65.6 Å². The van der Waals surface area contributed by atoms with E-state index in [0.717, 1.165) is 20.8 Å². The summed E-state index contributed by atoms with van der Waals surface area (Å²) >= 11 is 3.54. The third kappa shape index (κ3) is 10.2. The molecule has 0 spiro atoms. The molecule has 2 aromatic carbocycles. The summed E-state index contributed by atoms with van der Waals surface area (Å²) in [5.41, 5.74) is 5.33. The lowest BCUT2D eigenvalue weighted by molar-refractivity contribution is -0.141. The van der Waals surface area contributed by atoms with Crippen LogP contribution in [0.2, 0.25) is 16.6 Å². The predicted molar refractivity (Wildman–Crippen MR) is 242 cm³/mol. The Morgan fingerprint density at radius 2 is 1.68 bits per heavy atom. The number of nitriles is 1. The van der Waals surface area contributed by atoms with E-state index in [0.29, 0.717) is 66.0 Å². The fourth-order valence-electron chi connectivity index (χ4n) is 8.89. The zero-order valence-corrected chi connectivity index (χ0v) is 40.0. The molecule has 0 radical (unpaired) electrons. The van der Waals surface area contributed by atoms with E-state index in [9.17, 15) is 24.8 Å². The number of carbonyl (C=O) groups is 3. The zero-order chi connectivity index (χ0) is 44.5. The van der Waals surface area contributed by atoms with Gasteiger partial charge in [-0.1, -0.05) is 83.5 Å². The van der Waals surface area contributed by atoms with Crippen LogP contribution in [0.3, 0.4) is 0 Å². The van der Waals surface area contributed by atoms with Crippen molar-refractivity contribution in [1.82, 2.24) is 25.6 Å². The van der Waals surface area contributed by atoms with Crippen molar-refractivity contribution in [1.29, 1.82) is 5.26 Å². The monoisotopic (exact) mass is 906 g/mol.